The lowest BCUT2D eigenvalue weighted by atomic mass is 10.1. The molecule has 0 spiro atoms. The number of allylic oxidation sites excluding steroid dienone is 1. The van der Waals surface area contributed by atoms with Gasteiger partial charge < -0.3 is 14.6 Å². The monoisotopic (exact) mass is 375 g/mol. The molecule has 0 bridgehead atoms. The normalized spacial score (nSPS) is 10.9. The highest BCUT2D eigenvalue weighted by Gasteiger charge is 2.05. The molecule has 0 radical (unpaired) electrons. The number of aromatic nitrogens is 1. The van der Waals surface area contributed by atoms with Crippen molar-refractivity contribution in [2.45, 2.75) is 13.2 Å². The first-order valence-corrected chi connectivity index (χ1v) is 8.81. The molecule has 3 rings (SSSR count). The summed E-state index contributed by atoms with van der Waals surface area (Å²) in [5.41, 5.74) is 2.90. The number of nitrogens with zero attached hydrogens (tertiary/aromatic N) is 1. The summed E-state index contributed by atoms with van der Waals surface area (Å²) >= 11 is 0. The summed E-state index contributed by atoms with van der Waals surface area (Å²) in [6.07, 6.45) is 6.21. The maximum absolute atomic E-state index is 12.4. The van der Waals surface area contributed by atoms with Crippen molar-refractivity contribution >= 4 is 11.9 Å². The second-order valence-corrected chi connectivity index (χ2v) is 6.18. The lowest BCUT2D eigenvalue weighted by Crippen LogP contribution is -2.00. The van der Waals surface area contributed by atoms with E-state index >= 15 is 0 Å². The lowest BCUT2D eigenvalue weighted by molar-refractivity contribution is 0.104. The van der Waals surface area contributed by atoms with Gasteiger partial charge in [0.2, 0.25) is 0 Å². The average molecular weight is 375 g/mol. The summed E-state index contributed by atoms with van der Waals surface area (Å²) < 4.78 is 10.8. The number of para-hydroxylation sites is 1. The highest BCUT2D eigenvalue weighted by Crippen LogP contribution is 2.18. The minimum Gasteiger partial charge on any atom is -0.507 e. The van der Waals surface area contributed by atoms with Crippen LogP contribution in [0.5, 0.6) is 11.5 Å². The minimum absolute atomic E-state index is 0.130. The minimum atomic E-state index is -0.187. The second kappa shape index (κ2) is 9.48. The van der Waals surface area contributed by atoms with E-state index in [1.807, 2.05) is 24.3 Å². The molecule has 1 N–H and O–H groups in total. The zero-order chi connectivity index (χ0) is 19.8. The van der Waals surface area contributed by atoms with Gasteiger partial charge in [-0.3, -0.25) is 9.78 Å². The number of ether oxygens (including phenoxy) is 2. The number of carbonyl (C=O) groups excluding carboxylic acids is 1. The van der Waals surface area contributed by atoms with Crippen LogP contribution in [0.3, 0.4) is 0 Å². The number of hydrogen-bond acceptors (Lipinski definition) is 5. The summed E-state index contributed by atoms with van der Waals surface area (Å²) in [6, 6.07) is 16.3. The van der Waals surface area contributed by atoms with E-state index in [1.54, 1.807) is 49.7 Å². The van der Waals surface area contributed by atoms with Crippen molar-refractivity contribution in [3.8, 4) is 11.5 Å². The van der Waals surface area contributed by atoms with Crippen LogP contribution < -0.4 is 4.74 Å². The number of pyridine rings is 1. The summed E-state index contributed by atoms with van der Waals surface area (Å²) in [5, 5.41) is 9.76. The number of phenols is 1. The van der Waals surface area contributed by atoms with Crippen LogP contribution in [0.25, 0.3) is 6.08 Å². The van der Waals surface area contributed by atoms with Gasteiger partial charge in [-0.25, -0.2) is 0 Å². The Morgan fingerprint density at radius 3 is 2.54 bits per heavy atom. The molecule has 28 heavy (non-hydrogen) atoms. The molecule has 1 aromatic heterocycles. The first kappa shape index (κ1) is 19.3. The van der Waals surface area contributed by atoms with Crippen LogP contribution in [0, 0.1) is 0 Å². The van der Waals surface area contributed by atoms with Crippen LogP contribution in [0.1, 0.15) is 27.0 Å². The van der Waals surface area contributed by atoms with Crippen molar-refractivity contribution in [3.63, 3.8) is 0 Å². The van der Waals surface area contributed by atoms with Crippen LogP contribution in [0.4, 0.5) is 0 Å². The number of aromatic hydroxyl groups is 1. The Kier molecular flexibility index (Phi) is 6.54. The highest BCUT2D eigenvalue weighted by molar-refractivity contribution is 6.06. The molecule has 0 amide bonds. The summed E-state index contributed by atoms with van der Waals surface area (Å²) in [4.78, 5) is 16.5. The Labute approximate surface area is 163 Å². The fraction of sp³-hybridized carbons (Fsp3) is 0.130. The van der Waals surface area contributed by atoms with Crippen molar-refractivity contribution in [3.05, 3.63) is 95.3 Å². The van der Waals surface area contributed by atoms with Crippen molar-refractivity contribution in [1.82, 2.24) is 4.98 Å². The SMILES string of the molecule is COc1ccc(COCc2cncc(C(=O)/C=C/c3ccccc3O)c2)cc1. The number of benzene rings is 2. The molecular formula is C23H21NO4. The van der Waals surface area contributed by atoms with Crippen LogP contribution in [0.15, 0.2) is 73.1 Å². The molecule has 5 heteroatoms. The van der Waals surface area contributed by atoms with Gasteiger partial charge in [0, 0.05) is 23.5 Å². The highest BCUT2D eigenvalue weighted by atomic mass is 16.5. The maximum Gasteiger partial charge on any atom is 0.187 e. The van der Waals surface area contributed by atoms with Crippen molar-refractivity contribution in [2.24, 2.45) is 0 Å². The Bertz CT molecular complexity index is 964. The Hall–Kier alpha value is -3.44. The number of ketones is 1. The predicted octanol–water partition coefficient (Wildman–Crippen LogP) is 4.41. The third-order valence-corrected chi connectivity index (χ3v) is 4.13. The molecule has 0 atom stereocenters. The van der Waals surface area contributed by atoms with E-state index in [4.69, 9.17) is 9.47 Å². The van der Waals surface area contributed by atoms with Gasteiger partial charge in [0.25, 0.3) is 0 Å². The lowest BCUT2D eigenvalue weighted by Gasteiger charge is -2.06. The van der Waals surface area contributed by atoms with Crippen LogP contribution >= 0.6 is 0 Å². The van der Waals surface area contributed by atoms with Gasteiger partial charge in [0.15, 0.2) is 5.78 Å². The summed E-state index contributed by atoms with van der Waals surface area (Å²) in [7, 11) is 1.63. The van der Waals surface area contributed by atoms with Crippen LogP contribution in [-0.2, 0) is 18.0 Å². The Morgan fingerprint density at radius 2 is 1.79 bits per heavy atom. The molecule has 0 fully saturated rings. The van der Waals surface area contributed by atoms with Crippen molar-refractivity contribution in [2.75, 3.05) is 7.11 Å². The molecule has 1 heterocycles. The fourth-order valence-corrected chi connectivity index (χ4v) is 2.60. The van der Waals surface area contributed by atoms with Gasteiger partial charge in [-0.05, 0) is 47.5 Å². The van der Waals surface area contributed by atoms with E-state index in [2.05, 4.69) is 4.98 Å². The van der Waals surface area contributed by atoms with Gasteiger partial charge in [-0.1, -0.05) is 30.3 Å². The number of phenolic OH excluding ortho intramolecular Hbond substituents is 1. The fourth-order valence-electron chi connectivity index (χ4n) is 2.60. The zero-order valence-electron chi connectivity index (χ0n) is 15.5. The number of methoxy groups -OCH3 is 1. The third kappa shape index (κ3) is 5.28. The van der Waals surface area contributed by atoms with E-state index in [1.165, 1.54) is 12.3 Å². The smallest absolute Gasteiger partial charge is 0.187 e. The van der Waals surface area contributed by atoms with E-state index in [-0.39, 0.29) is 11.5 Å². The molecule has 0 aliphatic heterocycles. The quantitative estimate of drug-likeness (QED) is 0.467. The van der Waals surface area contributed by atoms with Crippen LogP contribution in [0.2, 0.25) is 0 Å². The topological polar surface area (TPSA) is 68.7 Å². The summed E-state index contributed by atoms with van der Waals surface area (Å²) in [6.45, 7) is 0.804. The van der Waals surface area contributed by atoms with Crippen molar-refractivity contribution < 1.29 is 19.4 Å². The molecule has 5 nitrogen and oxygen atoms in total. The second-order valence-electron chi connectivity index (χ2n) is 6.18. The zero-order valence-corrected chi connectivity index (χ0v) is 15.5. The summed E-state index contributed by atoms with van der Waals surface area (Å²) in [5.74, 6) is 0.745. The van der Waals surface area contributed by atoms with Gasteiger partial charge in [-0.15, -0.1) is 0 Å². The van der Waals surface area contributed by atoms with E-state index < -0.39 is 0 Å². The largest absolute Gasteiger partial charge is 0.507 e. The first-order chi connectivity index (χ1) is 13.7. The molecule has 0 saturated carbocycles. The van der Waals surface area contributed by atoms with Gasteiger partial charge in [-0.2, -0.15) is 0 Å². The number of rotatable bonds is 8. The standard InChI is InChI=1S/C23H21NO4/c1-27-21-9-6-17(7-10-21)15-28-16-18-12-20(14-24-13-18)23(26)11-8-19-4-2-3-5-22(19)25/h2-14,25H,15-16H2,1H3/b11-8+. The molecule has 0 aliphatic carbocycles. The number of carbonyl (C=O) groups is 1. The average Bonchev–Trinajstić information content (AvgIpc) is 2.74. The molecular weight excluding hydrogens is 354 g/mol. The van der Waals surface area contributed by atoms with Gasteiger partial charge >= 0.3 is 0 Å². The molecule has 2 aromatic carbocycles. The molecule has 0 aliphatic rings. The molecule has 0 unspecified atom stereocenters. The Balaban J connectivity index is 1.58. The van der Waals surface area contributed by atoms with Gasteiger partial charge in [0.1, 0.15) is 11.5 Å². The molecule has 3 aromatic rings. The van der Waals surface area contributed by atoms with E-state index in [9.17, 15) is 9.90 Å². The molecule has 142 valence electrons. The maximum atomic E-state index is 12.4. The Morgan fingerprint density at radius 1 is 1.04 bits per heavy atom. The number of hydrogen-bond donors (Lipinski definition) is 1. The first-order valence-electron chi connectivity index (χ1n) is 8.81. The molecule has 0 saturated heterocycles. The van der Waals surface area contributed by atoms with Crippen molar-refractivity contribution in [1.29, 1.82) is 0 Å². The van der Waals surface area contributed by atoms with Crippen LogP contribution in [-0.4, -0.2) is 23.0 Å². The third-order valence-electron chi connectivity index (χ3n) is 4.13. The predicted molar refractivity (Wildman–Crippen MR) is 107 cm³/mol. The van der Waals surface area contributed by atoms with E-state index in [0.717, 1.165) is 16.9 Å². The van der Waals surface area contributed by atoms with Gasteiger partial charge in [0.05, 0.1) is 20.3 Å². The van der Waals surface area contributed by atoms with E-state index in [0.29, 0.717) is 24.3 Å².